The normalized spacial score (nSPS) is 12.5. The minimum absolute atomic E-state index is 0.0459. The topological polar surface area (TPSA) is 83.1 Å². The van der Waals surface area contributed by atoms with Crippen LogP contribution in [0.3, 0.4) is 0 Å². The number of aryl methyl sites for hydroxylation is 1. The van der Waals surface area contributed by atoms with Gasteiger partial charge in [0.1, 0.15) is 6.73 Å². The summed E-state index contributed by atoms with van der Waals surface area (Å²) in [7, 11) is 1.48. The number of benzene rings is 1. The first-order valence-electron chi connectivity index (χ1n) is 9.98. The number of halogens is 3. The molecule has 0 aliphatic heterocycles. The number of ether oxygens (including phenoxy) is 1. The molecule has 32 heavy (non-hydrogen) atoms. The zero-order chi connectivity index (χ0) is 23.8. The van der Waals surface area contributed by atoms with Gasteiger partial charge in [-0.3, -0.25) is 18.5 Å². The van der Waals surface area contributed by atoms with Crippen LogP contribution in [-0.2, 0) is 31.7 Å². The van der Waals surface area contributed by atoms with Crippen molar-refractivity contribution in [3.05, 3.63) is 50.7 Å². The molecule has 0 atom stereocenters. The van der Waals surface area contributed by atoms with Crippen molar-refractivity contribution in [1.82, 2.24) is 18.7 Å². The van der Waals surface area contributed by atoms with Gasteiger partial charge in [0.05, 0.1) is 5.56 Å². The molecular weight excluding hydrogens is 443 g/mol. The fraction of sp³-hybridized carbons (Fsp3) is 0.450. The van der Waals surface area contributed by atoms with Gasteiger partial charge in [-0.2, -0.15) is 18.2 Å². The molecule has 0 bridgehead atoms. The van der Waals surface area contributed by atoms with Crippen molar-refractivity contribution in [2.45, 2.75) is 38.6 Å². The smallest absolute Gasteiger partial charge is 0.361 e. The average molecular weight is 470 g/mol. The highest BCUT2D eigenvalue weighted by Gasteiger charge is 2.30. The maximum atomic E-state index is 13.1. The van der Waals surface area contributed by atoms with Crippen LogP contribution in [0.15, 0.2) is 33.9 Å². The third kappa shape index (κ3) is 4.96. The van der Waals surface area contributed by atoms with Gasteiger partial charge < -0.3 is 10.1 Å². The van der Waals surface area contributed by atoms with Crippen molar-refractivity contribution < 1.29 is 17.9 Å². The summed E-state index contributed by atoms with van der Waals surface area (Å²) in [6, 6.07) is 5.55. The highest BCUT2D eigenvalue weighted by atomic mass is 28.3. The highest BCUT2D eigenvalue weighted by molar-refractivity contribution is 6.76. The molecule has 12 heteroatoms. The Morgan fingerprint density at radius 3 is 2.44 bits per heavy atom. The van der Waals surface area contributed by atoms with E-state index in [9.17, 15) is 22.8 Å². The number of rotatable bonds is 7. The van der Waals surface area contributed by atoms with Gasteiger partial charge in [0.2, 0.25) is 5.95 Å². The number of nitrogens with zero attached hydrogens (tertiary/aromatic N) is 4. The summed E-state index contributed by atoms with van der Waals surface area (Å²) < 4.78 is 48.7. The lowest BCUT2D eigenvalue weighted by Gasteiger charge is -2.16. The SMILES string of the molecule is Cn1c(=O)c2c(nc(Nc3cccc(C(F)(F)F)c3)n2COCC[Si](C)(C)C)n(C)c1=O. The summed E-state index contributed by atoms with van der Waals surface area (Å²) in [6.45, 7) is 7.03. The Labute approximate surface area is 183 Å². The van der Waals surface area contributed by atoms with Gasteiger partial charge >= 0.3 is 11.9 Å². The summed E-state index contributed by atoms with van der Waals surface area (Å²) in [5.41, 5.74) is -1.57. The second-order valence-electron chi connectivity index (χ2n) is 8.79. The maximum absolute atomic E-state index is 13.1. The van der Waals surface area contributed by atoms with Crippen molar-refractivity contribution in [3.63, 3.8) is 0 Å². The van der Waals surface area contributed by atoms with Gasteiger partial charge in [-0.15, -0.1) is 0 Å². The van der Waals surface area contributed by atoms with E-state index in [1.54, 1.807) is 0 Å². The van der Waals surface area contributed by atoms with Gasteiger partial charge in [-0.25, -0.2) is 4.79 Å². The molecule has 0 aliphatic rings. The molecule has 0 unspecified atom stereocenters. The van der Waals surface area contributed by atoms with Gasteiger partial charge in [0, 0.05) is 34.5 Å². The molecule has 2 aromatic heterocycles. The largest absolute Gasteiger partial charge is 0.416 e. The van der Waals surface area contributed by atoms with Crippen LogP contribution in [0, 0.1) is 0 Å². The van der Waals surface area contributed by atoms with Crippen LogP contribution in [0.2, 0.25) is 25.7 Å². The predicted molar refractivity (Wildman–Crippen MR) is 119 cm³/mol. The maximum Gasteiger partial charge on any atom is 0.416 e. The third-order valence-electron chi connectivity index (χ3n) is 5.01. The van der Waals surface area contributed by atoms with E-state index in [2.05, 4.69) is 29.9 Å². The summed E-state index contributed by atoms with van der Waals surface area (Å²) in [5, 5.41) is 2.84. The molecule has 174 valence electrons. The van der Waals surface area contributed by atoms with E-state index in [-0.39, 0.29) is 29.5 Å². The highest BCUT2D eigenvalue weighted by Crippen LogP contribution is 2.31. The Morgan fingerprint density at radius 2 is 1.81 bits per heavy atom. The summed E-state index contributed by atoms with van der Waals surface area (Å²) >= 11 is 0. The minimum atomic E-state index is -4.50. The van der Waals surface area contributed by atoms with Gasteiger partial charge in [-0.05, 0) is 24.2 Å². The Kier molecular flexibility index (Phi) is 6.38. The van der Waals surface area contributed by atoms with Gasteiger partial charge in [0.25, 0.3) is 5.56 Å². The second-order valence-corrected chi connectivity index (χ2v) is 14.4. The van der Waals surface area contributed by atoms with Crippen LogP contribution in [0.4, 0.5) is 24.8 Å². The van der Waals surface area contributed by atoms with Crippen LogP contribution in [0.25, 0.3) is 11.2 Å². The molecule has 8 nitrogen and oxygen atoms in total. The van der Waals surface area contributed by atoms with E-state index in [0.29, 0.717) is 6.61 Å². The standard InChI is InChI=1S/C20H26F3N5O3Si/c1-26-16-15(17(29)27(2)19(26)30)28(12-31-9-10-32(3,4)5)18(25-16)24-14-8-6-7-13(11-14)20(21,22)23/h6-8,11H,9-10,12H2,1-5H3,(H,24,25). The monoisotopic (exact) mass is 469 g/mol. The van der Waals surface area contributed by atoms with Crippen LogP contribution < -0.4 is 16.6 Å². The van der Waals surface area contributed by atoms with Gasteiger partial charge in [-0.1, -0.05) is 25.7 Å². The number of aromatic nitrogens is 4. The van der Waals surface area contributed by atoms with Crippen LogP contribution in [0.1, 0.15) is 5.56 Å². The van der Waals surface area contributed by atoms with E-state index < -0.39 is 31.1 Å². The fourth-order valence-corrected chi connectivity index (χ4v) is 3.86. The number of fused-ring (bicyclic) bond motifs is 1. The van der Waals surface area contributed by atoms with E-state index in [1.807, 2.05) is 0 Å². The molecule has 3 rings (SSSR count). The molecule has 3 aromatic rings. The van der Waals surface area contributed by atoms with Crippen LogP contribution in [0.5, 0.6) is 0 Å². The molecule has 1 aromatic carbocycles. The summed E-state index contributed by atoms with van der Waals surface area (Å²) in [6.07, 6.45) is -4.50. The lowest BCUT2D eigenvalue weighted by atomic mass is 10.2. The van der Waals surface area contributed by atoms with Gasteiger partial charge in [0.15, 0.2) is 11.2 Å². The Morgan fingerprint density at radius 1 is 1.12 bits per heavy atom. The molecule has 0 amide bonds. The first kappa shape index (κ1) is 23.8. The predicted octanol–water partition coefficient (Wildman–Crippen LogP) is 3.51. The molecule has 1 N–H and O–H groups in total. The van der Waals surface area contributed by atoms with E-state index in [0.717, 1.165) is 22.7 Å². The van der Waals surface area contributed by atoms with E-state index in [4.69, 9.17) is 4.74 Å². The first-order chi connectivity index (χ1) is 14.8. The number of imidazole rings is 1. The first-order valence-corrected chi connectivity index (χ1v) is 13.7. The molecule has 2 heterocycles. The van der Waals surface area contributed by atoms with Crippen molar-refractivity contribution >= 4 is 30.9 Å². The molecule has 0 saturated heterocycles. The zero-order valence-corrected chi connectivity index (χ0v) is 19.6. The third-order valence-corrected chi connectivity index (χ3v) is 6.71. The number of nitrogens with one attached hydrogen (secondary N) is 1. The second kappa shape index (κ2) is 8.58. The molecule has 0 aliphatic carbocycles. The minimum Gasteiger partial charge on any atom is -0.361 e. The number of hydrogen-bond donors (Lipinski definition) is 1. The van der Waals surface area contributed by atoms with Crippen molar-refractivity contribution in [2.24, 2.45) is 14.1 Å². The Balaban J connectivity index is 2.07. The molecular formula is C20H26F3N5O3Si. The molecule has 0 fully saturated rings. The summed E-state index contributed by atoms with van der Waals surface area (Å²) in [4.78, 5) is 29.5. The molecule has 0 spiro atoms. The number of anilines is 2. The lowest BCUT2D eigenvalue weighted by molar-refractivity contribution is -0.137. The van der Waals surface area contributed by atoms with Crippen LogP contribution in [-0.4, -0.2) is 33.4 Å². The van der Waals surface area contributed by atoms with E-state index >= 15 is 0 Å². The fourth-order valence-electron chi connectivity index (χ4n) is 3.10. The van der Waals surface area contributed by atoms with Crippen molar-refractivity contribution in [3.8, 4) is 0 Å². The van der Waals surface area contributed by atoms with Crippen molar-refractivity contribution in [1.29, 1.82) is 0 Å². The van der Waals surface area contributed by atoms with E-state index in [1.165, 1.54) is 35.4 Å². The summed E-state index contributed by atoms with van der Waals surface area (Å²) in [5.74, 6) is 0.102. The molecule has 0 saturated carbocycles. The number of hydrogen-bond acceptors (Lipinski definition) is 5. The zero-order valence-electron chi connectivity index (χ0n) is 18.6. The Hall–Kier alpha value is -2.86. The van der Waals surface area contributed by atoms with Crippen LogP contribution >= 0.6 is 0 Å². The Bertz CT molecular complexity index is 1250. The van der Waals surface area contributed by atoms with Crippen molar-refractivity contribution in [2.75, 3.05) is 11.9 Å². The lowest BCUT2D eigenvalue weighted by Crippen LogP contribution is -2.37. The molecule has 0 radical (unpaired) electrons. The number of alkyl halides is 3. The average Bonchev–Trinajstić information content (AvgIpc) is 3.05. The quantitative estimate of drug-likeness (QED) is 0.423.